The Bertz CT molecular complexity index is 263. The second kappa shape index (κ2) is 3.43. The Hall–Kier alpha value is -0.580. The van der Waals surface area contributed by atoms with E-state index in [-0.39, 0.29) is 17.4 Å². The monoisotopic (exact) mass is 192 g/mol. The highest BCUT2D eigenvalue weighted by Gasteiger charge is 2.30. The molecule has 0 atom stereocenters. The fraction of sp³-hybridized carbons (Fsp3) is 0.857. The third kappa shape index (κ3) is 2.20. The van der Waals surface area contributed by atoms with E-state index in [0.29, 0.717) is 12.8 Å². The molecule has 1 aliphatic carbocycles. The van der Waals surface area contributed by atoms with Crippen molar-refractivity contribution < 1.29 is 18.3 Å². The Labute approximate surface area is 71.5 Å². The maximum absolute atomic E-state index is 11.3. The summed E-state index contributed by atoms with van der Waals surface area (Å²) in [6.07, 6.45) is 2.11. The predicted molar refractivity (Wildman–Crippen MR) is 43.7 cm³/mol. The zero-order chi connectivity index (χ0) is 9.19. The van der Waals surface area contributed by atoms with Gasteiger partial charge in [0.2, 0.25) is 0 Å². The summed E-state index contributed by atoms with van der Waals surface area (Å²) in [6.45, 7) is 0. The number of rotatable bonds is 4. The molecule has 0 spiro atoms. The summed E-state index contributed by atoms with van der Waals surface area (Å²) in [7, 11) is -3.10. The Morgan fingerprint density at radius 2 is 2.00 bits per heavy atom. The van der Waals surface area contributed by atoms with Gasteiger partial charge in [-0.15, -0.1) is 0 Å². The van der Waals surface area contributed by atoms with Gasteiger partial charge in [-0.25, -0.2) is 8.42 Å². The number of carboxylic acids is 1. The van der Waals surface area contributed by atoms with Crippen LogP contribution in [-0.2, 0) is 14.6 Å². The molecule has 0 radical (unpaired) electrons. The highest BCUT2D eigenvalue weighted by atomic mass is 32.2. The molecule has 0 aromatic rings. The predicted octanol–water partition coefficient (Wildman–Crippen LogP) is 0.428. The molecule has 1 N–H and O–H groups in total. The number of carbonyl (C=O) groups is 1. The van der Waals surface area contributed by atoms with E-state index < -0.39 is 15.8 Å². The quantitative estimate of drug-likeness (QED) is 0.701. The standard InChI is InChI=1S/C7H12O4S/c8-7(9)4-5-12(10,11)6-2-1-3-6/h6H,1-5H2,(H,8,9). The van der Waals surface area contributed by atoms with Gasteiger partial charge in [-0.05, 0) is 12.8 Å². The van der Waals surface area contributed by atoms with Crippen LogP contribution in [0.1, 0.15) is 25.7 Å². The van der Waals surface area contributed by atoms with Crippen LogP contribution >= 0.6 is 0 Å². The van der Waals surface area contributed by atoms with Crippen molar-refractivity contribution in [2.45, 2.75) is 30.9 Å². The second-order valence-electron chi connectivity index (χ2n) is 3.06. The molecule has 70 valence electrons. The molecule has 5 heteroatoms. The van der Waals surface area contributed by atoms with Crippen molar-refractivity contribution in [2.24, 2.45) is 0 Å². The first-order valence-corrected chi connectivity index (χ1v) is 5.67. The molecule has 1 saturated carbocycles. The first-order chi connectivity index (χ1) is 5.52. The van der Waals surface area contributed by atoms with Crippen molar-refractivity contribution in [3.8, 4) is 0 Å². The Morgan fingerprint density at radius 1 is 1.42 bits per heavy atom. The van der Waals surface area contributed by atoms with E-state index in [1.807, 2.05) is 0 Å². The second-order valence-corrected chi connectivity index (χ2v) is 5.46. The van der Waals surface area contributed by atoms with E-state index in [4.69, 9.17) is 5.11 Å². The van der Waals surface area contributed by atoms with E-state index in [2.05, 4.69) is 0 Å². The number of carboxylic acid groups (broad SMARTS) is 1. The minimum absolute atomic E-state index is 0.201. The largest absolute Gasteiger partial charge is 0.481 e. The van der Waals surface area contributed by atoms with Gasteiger partial charge in [0.1, 0.15) is 0 Å². The number of aliphatic carboxylic acids is 1. The maximum atomic E-state index is 11.3. The van der Waals surface area contributed by atoms with Crippen LogP contribution in [0.25, 0.3) is 0 Å². The van der Waals surface area contributed by atoms with Gasteiger partial charge in [0.15, 0.2) is 9.84 Å². The molecule has 0 amide bonds. The van der Waals surface area contributed by atoms with Gasteiger partial charge in [-0.3, -0.25) is 4.79 Å². The van der Waals surface area contributed by atoms with Crippen LogP contribution in [0.2, 0.25) is 0 Å². The van der Waals surface area contributed by atoms with Crippen LogP contribution in [0.4, 0.5) is 0 Å². The lowest BCUT2D eigenvalue weighted by atomic mass is 10.0. The summed E-state index contributed by atoms with van der Waals surface area (Å²) in [4.78, 5) is 10.1. The molecule has 0 aromatic carbocycles. The molecule has 4 nitrogen and oxygen atoms in total. The molecule has 0 aromatic heterocycles. The summed E-state index contributed by atoms with van der Waals surface area (Å²) in [5, 5.41) is 8.03. The average molecular weight is 192 g/mol. The van der Waals surface area contributed by atoms with Gasteiger partial charge in [-0.1, -0.05) is 6.42 Å². The first-order valence-electron chi connectivity index (χ1n) is 3.96. The van der Waals surface area contributed by atoms with Gasteiger partial charge in [0.25, 0.3) is 0 Å². The van der Waals surface area contributed by atoms with Gasteiger partial charge in [-0.2, -0.15) is 0 Å². The van der Waals surface area contributed by atoms with E-state index in [9.17, 15) is 13.2 Å². The van der Waals surface area contributed by atoms with E-state index in [1.165, 1.54) is 0 Å². The highest BCUT2D eigenvalue weighted by Crippen LogP contribution is 2.26. The molecular formula is C7H12O4S. The van der Waals surface area contributed by atoms with Crippen LogP contribution in [0, 0.1) is 0 Å². The van der Waals surface area contributed by atoms with Gasteiger partial charge in [0.05, 0.1) is 17.4 Å². The molecule has 1 aliphatic rings. The van der Waals surface area contributed by atoms with Crippen LogP contribution in [0.5, 0.6) is 0 Å². The third-order valence-electron chi connectivity index (χ3n) is 2.16. The van der Waals surface area contributed by atoms with Crippen molar-refractivity contribution in [1.29, 1.82) is 0 Å². The molecular weight excluding hydrogens is 180 g/mol. The lowest BCUT2D eigenvalue weighted by molar-refractivity contribution is -0.136. The van der Waals surface area contributed by atoms with Crippen molar-refractivity contribution in [3.63, 3.8) is 0 Å². The van der Waals surface area contributed by atoms with E-state index >= 15 is 0 Å². The minimum Gasteiger partial charge on any atom is -0.481 e. The summed E-state index contributed by atoms with van der Waals surface area (Å²) in [5.41, 5.74) is 0. The minimum atomic E-state index is -3.10. The van der Waals surface area contributed by atoms with Crippen LogP contribution < -0.4 is 0 Å². The lowest BCUT2D eigenvalue weighted by Crippen LogP contribution is -2.31. The molecule has 0 bridgehead atoms. The fourth-order valence-corrected chi connectivity index (χ4v) is 2.97. The van der Waals surface area contributed by atoms with Crippen LogP contribution in [-0.4, -0.2) is 30.5 Å². The van der Waals surface area contributed by atoms with E-state index in [1.54, 1.807) is 0 Å². The van der Waals surface area contributed by atoms with Crippen molar-refractivity contribution in [2.75, 3.05) is 5.75 Å². The molecule has 0 unspecified atom stereocenters. The van der Waals surface area contributed by atoms with Gasteiger partial charge in [0, 0.05) is 0 Å². The molecule has 0 heterocycles. The molecule has 12 heavy (non-hydrogen) atoms. The molecule has 0 aliphatic heterocycles. The summed E-state index contributed by atoms with van der Waals surface area (Å²) in [6, 6.07) is 0. The first kappa shape index (κ1) is 9.51. The van der Waals surface area contributed by atoms with Gasteiger partial charge >= 0.3 is 5.97 Å². The molecule has 1 fully saturated rings. The molecule has 1 rings (SSSR count). The highest BCUT2D eigenvalue weighted by molar-refractivity contribution is 7.92. The lowest BCUT2D eigenvalue weighted by Gasteiger charge is -2.24. The average Bonchev–Trinajstić information content (AvgIpc) is 1.78. The van der Waals surface area contributed by atoms with Crippen LogP contribution in [0.3, 0.4) is 0 Å². The fourth-order valence-electron chi connectivity index (χ4n) is 1.13. The Morgan fingerprint density at radius 3 is 2.33 bits per heavy atom. The summed E-state index contributed by atoms with van der Waals surface area (Å²) in [5.74, 6) is -1.25. The van der Waals surface area contributed by atoms with Crippen molar-refractivity contribution >= 4 is 15.8 Å². The normalized spacial score (nSPS) is 18.7. The summed E-state index contributed by atoms with van der Waals surface area (Å²) < 4.78 is 22.5. The number of hydrogen-bond donors (Lipinski definition) is 1. The van der Waals surface area contributed by atoms with E-state index in [0.717, 1.165) is 6.42 Å². The smallest absolute Gasteiger partial charge is 0.304 e. The Kier molecular flexibility index (Phi) is 2.72. The van der Waals surface area contributed by atoms with Crippen molar-refractivity contribution in [1.82, 2.24) is 0 Å². The summed E-state index contributed by atoms with van der Waals surface area (Å²) >= 11 is 0. The SMILES string of the molecule is O=C(O)CCS(=O)(=O)C1CCC1. The van der Waals surface area contributed by atoms with Crippen molar-refractivity contribution in [3.05, 3.63) is 0 Å². The number of sulfone groups is 1. The van der Waals surface area contributed by atoms with Gasteiger partial charge < -0.3 is 5.11 Å². The third-order valence-corrected chi connectivity index (χ3v) is 4.42. The topological polar surface area (TPSA) is 71.4 Å². The molecule has 0 saturated heterocycles. The zero-order valence-electron chi connectivity index (χ0n) is 6.69. The zero-order valence-corrected chi connectivity index (χ0v) is 7.51. The Balaban J connectivity index is 2.43. The number of hydrogen-bond acceptors (Lipinski definition) is 3. The van der Waals surface area contributed by atoms with Crippen LogP contribution in [0.15, 0.2) is 0 Å². The maximum Gasteiger partial charge on any atom is 0.304 e.